The van der Waals surface area contributed by atoms with Crippen LogP contribution in [0.2, 0.25) is 5.02 Å². The molecule has 4 rings (SSSR count). The Balaban J connectivity index is 1.26. The topological polar surface area (TPSA) is 65.9 Å². The molecule has 8 heteroatoms. The number of phenolic OH excluding ortho intramolecular Hbond substituents is 1. The van der Waals surface area contributed by atoms with Crippen LogP contribution in [0.3, 0.4) is 0 Å². The Morgan fingerprint density at radius 3 is 2.57 bits per heavy atom. The van der Waals surface area contributed by atoms with Crippen LogP contribution in [0.15, 0.2) is 53.9 Å². The Kier molecular flexibility index (Phi) is 6.40. The van der Waals surface area contributed by atoms with Crippen molar-refractivity contribution in [1.29, 1.82) is 0 Å². The average molecular weight is 444 g/mol. The van der Waals surface area contributed by atoms with Crippen molar-refractivity contribution in [3.8, 4) is 11.5 Å². The number of ether oxygens (including phenoxy) is 1. The van der Waals surface area contributed by atoms with E-state index in [2.05, 4.69) is 9.88 Å². The summed E-state index contributed by atoms with van der Waals surface area (Å²) in [5, 5.41) is 13.4. The summed E-state index contributed by atoms with van der Waals surface area (Å²) in [6, 6.07) is 14.5. The molecule has 3 aromatic rings. The van der Waals surface area contributed by atoms with Crippen LogP contribution >= 0.6 is 22.9 Å². The fourth-order valence-corrected chi connectivity index (χ4v) is 4.20. The summed E-state index contributed by atoms with van der Waals surface area (Å²) in [6.45, 7) is 3.01. The molecule has 156 valence electrons. The summed E-state index contributed by atoms with van der Waals surface area (Å²) in [5.41, 5.74) is 1.58. The van der Waals surface area contributed by atoms with Crippen LogP contribution in [-0.4, -0.2) is 47.1 Å². The van der Waals surface area contributed by atoms with E-state index in [1.165, 1.54) is 11.3 Å². The molecule has 0 bridgehead atoms. The number of thiazole rings is 1. The highest BCUT2D eigenvalue weighted by molar-refractivity contribution is 7.09. The quantitative estimate of drug-likeness (QED) is 0.624. The van der Waals surface area contributed by atoms with Crippen molar-refractivity contribution in [3.05, 3.63) is 69.6 Å². The second kappa shape index (κ2) is 9.36. The Hall–Kier alpha value is -2.77. The van der Waals surface area contributed by atoms with Gasteiger partial charge < -0.3 is 19.6 Å². The van der Waals surface area contributed by atoms with Gasteiger partial charge in [0.2, 0.25) is 5.91 Å². The number of nitrogens with zero attached hydrogens (tertiary/aromatic N) is 3. The van der Waals surface area contributed by atoms with Gasteiger partial charge in [0.15, 0.2) is 0 Å². The predicted molar refractivity (Wildman–Crippen MR) is 119 cm³/mol. The minimum atomic E-state index is 0.0717. The third-order valence-corrected chi connectivity index (χ3v) is 6.09. The van der Waals surface area contributed by atoms with Crippen LogP contribution < -0.4 is 9.64 Å². The minimum absolute atomic E-state index is 0.0717. The van der Waals surface area contributed by atoms with E-state index in [-0.39, 0.29) is 18.1 Å². The third-order valence-electron chi connectivity index (χ3n) is 4.96. The first-order valence-corrected chi connectivity index (χ1v) is 11.0. The average Bonchev–Trinajstić information content (AvgIpc) is 3.21. The molecule has 1 N–H and O–H groups in total. The van der Waals surface area contributed by atoms with E-state index in [9.17, 15) is 9.90 Å². The number of rotatable bonds is 6. The molecule has 1 aromatic heterocycles. The van der Waals surface area contributed by atoms with Gasteiger partial charge in [0.1, 0.15) is 23.1 Å². The largest absolute Gasteiger partial charge is 0.506 e. The molecule has 1 aliphatic rings. The van der Waals surface area contributed by atoms with Crippen LogP contribution in [0.1, 0.15) is 10.7 Å². The normalized spacial score (nSPS) is 14.0. The van der Waals surface area contributed by atoms with Gasteiger partial charge in [-0.3, -0.25) is 4.79 Å². The van der Waals surface area contributed by atoms with Gasteiger partial charge in [-0.05, 0) is 36.4 Å². The molecule has 2 aromatic carbocycles. The van der Waals surface area contributed by atoms with Crippen LogP contribution in [0.4, 0.5) is 5.69 Å². The van der Waals surface area contributed by atoms with Crippen LogP contribution in [0.25, 0.3) is 0 Å². The fraction of sp³-hybridized carbons (Fsp3) is 0.273. The first kappa shape index (κ1) is 20.5. The number of aromatic hydroxyl groups is 1. The van der Waals surface area contributed by atoms with Gasteiger partial charge in [-0.1, -0.05) is 23.7 Å². The molecule has 1 amide bonds. The number of carbonyl (C=O) groups is 1. The van der Waals surface area contributed by atoms with Gasteiger partial charge in [0, 0.05) is 36.6 Å². The van der Waals surface area contributed by atoms with Gasteiger partial charge in [-0.2, -0.15) is 0 Å². The molecule has 2 heterocycles. The molecule has 0 atom stereocenters. The van der Waals surface area contributed by atoms with E-state index in [0.717, 1.165) is 22.1 Å². The van der Waals surface area contributed by atoms with Crippen molar-refractivity contribution in [2.45, 2.75) is 13.0 Å². The van der Waals surface area contributed by atoms with Crippen LogP contribution in [0.5, 0.6) is 11.5 Å². The zero-order valence-electron chi connectivity index (χ0n) is 16.3. The molecule has 0 radical (unpaired) electrons. The predicted octanol–water partition coefficient (Wildman–Crippen LogP) is 3.97. The molecule has 0 aliphatic carbocycles. The summed E-state index contributed by atoms with van der Waals surface area (Å²) in [6.07, 6.45) is 0.286. The molecule has 6 nitrogen and oxygen atoms in total. The second-order valence-electron chi connectivity index (χ2n) is 7.01. The number of amides is 1. The lowest BCUT2D eigenvalue weighted by Gasteiger charge is -2.36. The summed E-state index contributed by atoms with van der Waals surface area (Å²) < 4.78 is 5.71. The lowest BCUT2D eigenvalue weighted by atomic mass is 10.2. The van der Waals surface area contributed by atoms with Crippen molar-refractivity contribution >= 4 is 34.5 Å². The van der Waals surface area contributed by atoms with E-state index < -0.39 is 0 Å². The highest BCUT2D eigenvalue weighted by atomic mass is 35.5. The summed E-state index contributed by atoms with van der Waals surface area (Å²) in [5.74, 6) is 1.07. The Bertz CT molecular complexity index is 1000. The van der Waals surface area contributed by atoms with Crippen LogP contribution in [-0.2, 0) is 17.8 Å². The Morgan fingerprint density at radius 2 is 1.83 bits per heavy atom. The number of phenols is 1. The van der Waals surface area contributed by atoms with Crippen molar-refractivity contribution in [2.75, 3.05) is 31.1 Å². The van der Waals surface area contributed by atoms with E-state index >= 15 is 0 Å². The number of hydrogen-bond acceptors (Lipinski definition) is 6. The maximum atomic E-state index is 12.7. The van der Waals surface area contributed by atoms with Crippen molar-refractivity contribution in [1.82, 2.24) is 9.88 Å². The van der Waals surface area contributed by atoms with Crippen molar-refractivity contribution < 1.29 is 14.6 Å². The van der Waals surface area contributed by atoms with Gasteiger partial charge >= 0.3 is 0 Å². The molecule has 30 heavy (non-hydrogen) atoms. The molecule has 1 aliphatic heterocycles. The van der Waals surface area contributed by atoms with E-state index in [1.54, 1.807) is 24.3 Å². The van der Waals surface area contributed by atoms with Crippen molar-refractivity contribution in [3.63, 3.8) is 0 Å². The number of hydrogen-bond donors (Lipinski definition) is 1. The number of benzene rings is 2. The monoisotopic (exact) mass is 443 g/mol. The van der Waals surface area contributed by atoms with Gasteiger partial charge in [-0.15, -0.1) is 11.3 Å². The number of anilines is 1. The zero-order chi connectivity index (χ0) is 20.9. The smallest absolute Gasteiger partial charge is 0.228 e. The molecule has 0 spiro atoms. The molecule has 0 saturated carbocycles. The number of halogens is 1. The minimum Gasteiger partial charge on any atom is -0.506 e. The highest BCUT2D eigenvalue weighted by Gasteiger charge is 2.23. The highest BCUT2D eigenvalue weighted by Crippen LogP contribution is 2.27. The molecule has 1 saturated heterocycles. The SMILES string of the molecule is O=C(Cc1csc(COc2ccc(Cl)cc2)n1)N1CCN(c2ccccc2O)CC1. The summed E-state index contributed by atoms with van der Waals surface area (Å²) >= 11 is 7.37. The Morgan fingerprint density at radius 1 is 1.10 bits per heavy atom. The van der Waals surface area contributed by atoms with Gasteiger partial charge in [-0.25, -0.2) is 4.98 Å². The maximum absolute atomic E-state index is 12.7. The maximum Gasteiger partial charge on any atom is 0.228 e. The van der Waals surface area contributed by atoms with Crippen LogP contribution in [0, 0.1) is 0 Å². The number of aromatic nitrogens is 1. The summed E-state index contributed by atoms with van der Waals surface area (Å²) in [7, 11) is 0. The third kappa shape index (κ3) is 5.04. The van der Waals surface area contributed by atoms with Gasteiger partial charge in [0.05, 0.1) is 17.8 Å². The van der Waals surface area contributed by atoms with Gasteiger partial charge in [0.25, 0.3) is 0 Å². The lowest BCUT2D eigenvalue weighted by Crippen LogP contribution is -2.49. The first-order valence-electron chi connectivity index (χ1n) is 9.71. The number of carbonyl (C=O) groups excluding carboxylic acids is 1. The number of piperazine rings is 1. The summed E-state index contributed by atoms with van der Waals surface area (Å²) in [4.78, 5) is 21.2. The molecular formula is C22H22ClN3O3S. The molecule has 0 unspecified atom stereocenters. The lowest BCUT2D eigenvalue weighted by molar-refractivity contribution is -0.130. The zero-order valence-corrected chi connectivity index (χ0v) is 17.9. The van der Waals surface area contributed by atoms with Crippen molar-refractivity contribution in [2.24, 2.45) is 0 Å². The van der Waals surface area contributed by atoms with E-state index in [4.69, 9.17) is 16.3 Å². The first-order chi connectivity index (χ1) is 14.6. The second-order valence-corrected chi connectivity index (χ2v) is 8.39. The number of para-hydroxylation sites is 2. The molecular weight excluding hydrogens is 422 g/mol. The van der Waals surface area contributed by atoms with E-state index in [0.29, 0.717) is 37.8 Å². The van der Waals surface area contributed by atoms with E-state index in [1.807, 2.05) is 34.5 Å². The Labute approximate surface area is 184 Å². The molecule has 1 fully saturated rings. The fourth-order valence-electron chi connectivity index (χ4n) is 3.37. The standard InChI is InChI=1S/C22H22ClN3O3S/c23-16-5-7-18(8-6-16)29-14-21-24-17(15-30-21)13-22(28)26-11-9-25(10-12-26)19-3-1-2-4-20(19)27/h1-8,15,27H,9-14H2.